The first kappa shape index (κ1) is 11.0. The molecule has 0 unspecified atom stereocenters. The number of nitrogens with one attached hydrogen (secondary N) is 1. The molecule has 0 saturated heterocycles. The Labute approximate surface area is 88.6 Å². The maximum Gasteiger partial charge on any atom is 0.150 e. The lowest BCUT2D eigenvalue weighted by Crippen LogP contribution is -2.03. The van der Waals surface area contributed by atoms with Crippen LogP contribution >= 0.6 is 11.6 Å². The summed E-state index contributed by atoms with van der Waals surface area (Å²) in [5.41, 5.74) is 1.50. The zero-order valence-corrected chi connectivity index (χ0v) is 8.71. The molecular formula is C11H12ClNO. The topological polar surface area (TPSA) is 29.1 Å². The SMILES string of the molecule is CNCC=Cc1cc(C=O)ccc1Cl. The third-order valence-corrected chi connectivity index (χ3v) is 2.12. The number of benzene rings is 1. The molecular weight excluding hydrogens is 198 g/mol. The fourth-order valence-corrected chi connectivity index (χ4v) is 1.25. The Hall–Kier alpha value is -1.12. The van der Waals surface area contributed by atoms with E-state index in [4.69, 9.17) is 11.6 Å². The van der Waals surface area contributed by atoms with Gasteiger partial charge in [0.15, 0.2) is 0 Å². The maximum atomic E-state index is 10.5. The van der Waals surface area contributed by atoms with Crippen molar-refractivity contribution in [2.75, 3.05) is 13.6 Å². The van der Waals surface area contributed by atoms with E-state index >= 15 is 0 Å². The zero-order chi connectivity index (χ0) is 10.4. The number of hydrogen-bond donors (Lipinski definition) is 1. The lowest BCUT2D eigenvalue weighted by molar-refractivity contribution is 0.112. The van der Waals surface area contributed by atoms with Crippen molar-refractivity contribution in [2.45, 2.75) is 0 Å². The predicted molar refractivity (Wildman–Crippen MR) is 59.8 cm³/mol. The minimum atomic E-state index is 0.638. The lowest BCUT2D eigenvalue weighted by Gasteiger charge is -1.99. The largest absolute Gasteiger partial charge is 0.316 e. The van der Waals surface area contributed by atoms with Crippen LogP contribution in [0.1, 0.15) is 15.9 Å². The Morgan fingerprint density at radius 1 is 1.50 bits per heavy atom. The van der Waals surface area contributed by atoms with Crippen LogP contribution in [0.5, 0.6) is 0 Å². The summed E-state index contributed by atoms with van der Waals surface area (Å²) in [5, 5.41) is 3.64. The van der Waals surface area contributed by atoms with Crippen molar-refractivity contribution in [2.24, 2.45) is 0 Å². The molecule has 0 fully saturated rings. The second-order valence-corrected chi connectivity index (χ2v) is 3.27. The quantitative estimate of drug-likeness (QED) is 0.772. The van der Waals surface area contributed by atoms with Gasteiger partial charge in [0.2, 0.25) is 0 Å². The number of halogens is 1. The van der Waals surface area contributed by atoms with E-state index < -0.39 is 0 Å². The first-order valence-electron chi connectivity index (χ1n) is 4.34. The Morgan fingerprint density at radius 3 is 2.93 bits per heavy atom. The molecule has 0 aliphatic carbocycles. The van der Waals surface area contributed by atoms with Gasteiger partial charge < -0.3 is 5.32 Å². The maximum absolute atomic E-state index is 10.5. The van der Waals surface area contributed by atoms with Crippen molar-refractivity contribution in [1.29, 1.82) is 0 Å². The van der Waals surface area contributed by atoms with Crippen LogP contribution in [0.2, 0.25) is 5.02 Å². The zero-order valence-electron chi connectivity index (χ0n) is 7.96. The summed E-state index contributed by atoms with van der Waals surface area (Å²) in [7, 11) is 1.87. The molecule has 1 rings (SSSR count). The van der Waals surface area contributed by atoms with Crippen LogP contribution in [-0.4, -0.2) is 19.9 Å². The van der Waals surface area contributed by atoms with Crippen LogP contribution < -0.4 is 5.32 Å². The van der Waals surface area contributed by atoms with Crippen LogP contribution in [-0.2, 0) is 0 Å². The van der Waals surface area contributed by atoms with Crippen molar-refractivity contribution in [1.82, 2.24) is 5.32 Å². The van der Waals surface area contributed by atoms with Gasteiger partial charge >= 0.3 is 0 Å². The van der Waals surface area contributed by atoms with Gasteiger partial charge in [0, 0.05) is 17.1 Å². The molecule has 0 spiro atoms. The van der Waals surface area contributed by atoms with E-state index in [2.05, 4.69) is 5.32 Å². The number of carbonyl (C=O) groups excluding carboxylic acids is 1. The van der Waals surface area contributed by atoms with Crippen LogP contribution in [0.3, 0.4) is 0 Å². The van der Waals surface area contributed by atoms with Gasteiger partial charge in [-0.2, -0.15) is 0 Å². The van der Waals surface area contributed by atoms with E-state index in [0.717, 1.165) is 18.4 Å². The van der Waals surface area contributed by atoms with Crippen LogP contribution in [0.25, 0.3) is 6.08 Å². The highest BCUT2D eigenvalue weighted by Crippen LogP contribution is 2.18. The van der Waals surface area contributed by atoms with Crippen molar-refractivity contribution in [3.63, 3.8) is 0 Å². The predicted octanol–water partition coefficient (Wildman–Crippen LogP) is 2.39. The summed E-state index contributed by atoms with van der Waals surface area (Å²) >= 11 is 5.94. The Kier molecular flexibility index (Phi) is 4.36. The molecule has 0 aromatic heterocycles. The molecule has 0 radical (unpaired) electrons. The molecule has 0 aliphatic rings. The van der Waals surface area contributed by atoms with E-state index in [-0.39, 0.29) is 0 Å². The van der Waals surface area contributed by atoms with Gasteiger partial charge in [-0.25, -0.2) is 0 Å². The average molecular weight is 210 g/mol. The number of aldehydes is 1. The van der Waals surface area contributed by atoms with Crippen molar-refractivity contribution in [3.05, 3.63) is 40.4 Å². The standard InChI is InChI=1S/C11H12ClNO/c1-13-6-2-3-10-7-9(8-14)4-5-11(10)12/h2-5,7-8,13H,6H2,1H3. The molecule has 1 aromatic rings. The third kappa shape index (κ3) is 2.98. The molecule has 14 heavy (non-hydrogen) atoms. The fourth-order valence-electron chi connectivity index (χ4n) is 1.07. The highest BCUT2D eigenvalue weighted by Gasteiger charge is 1.97. The monoisotopic (exact) mass is 209 g/mol. The molecule has 74 valence electrons. The summed E-state index contributed by atoms with van der Waals surface area (Å²) in [5.74, 6) is 0. The Balaban J connectivity index is 2.89. The molecule has 2 nitrogen and oxygen atoms in total. The summed E-state index contributed by atoms with van der Waals surface area (Å²) in [6.07, 6.45) is 4.66. The van der Waals surface area contributed by atoms with Crippen LogP contribution in [0, 0.1) is 0 Å². The van der Waals surface area contributed by atoms with Gasteiger partial charge in [0.25, 0.3) is 0 Å². The lowest BCUT2D eigenvalue weighted by atomic mass is 10.1. The molecule has 0 heterocycles. The van der Waals surface area contributed by atoms with E-state index in [9.17, 15) is 4.79 Å². The van der Waals surface area contributed by atoms with E-state index in [1.165, 1.54) is 0 Å². The highest BCUT2D eigenvalue weighted by molar-refractivity contribution is 6.32. The van der Waals surface area contributed by atoms with Crippen LogP contribution in [0.15, 0.2) is 24.3 Å². The van der Waals surface area contributed by atoms with Crippen LogP contribution in [0.4, 0.5) is 0 Å². The summed E-state index contributed by atoms with van der Waals surface area (Å²) in [6, 6.07) is 5.19. The molecule has 0 atom stereocenters. The smallest absolute Gasteiger partial charge is 0.150 e. The first-order valence-corrected chi connectivity index (χ1v) is 4.71. The molecule has 0 bridgehead atoms. The van der Waals surface area contributed by atoms with Gasteiger partial charge in [0.05, 0.1) is 0 Å². The third-order valence-electron chi connectivity index (χ3n) is 1.78. The number of likely N-dealkylation sites (N-methyl/N-ethyl adjacent to an activating group) is 1. The van der Waals surface area contributed by atoms with Gasteiger partial charge in [-0.15, -0.1) is 0 Å². The van der Waals surface area contributed by atoms with Crippen molar-refractivity contribution >= 4 is 24.0 Å². The molecule has 1 aromatic carbocycles. The van der Waals surface area contributed by atoms with Gasteiger partial charge in [-0.05, 0) is 24.7 Å². The first-order chi connectivity index (χ1) is 6.77. The van der Waals surface area contributed by atoms with Gasteiger partial charge in [-0.1, -0.05) is 29.8 Å². The number of carbonyl (C=O) groups is 1. The highest BCUT2D eigenvalue weighted by atomic mass is 35.5. The Morgan fingerprint density at radius 2 is 2.29 bits per heavy atom. The minimum absolute atomic E-state index is 0.638. The fraction of sp³-hybridized carbons (Fsp3) is 0.182. The Bertz CT molecular complexity index is 347. The molecule has 0 saturated carbocycles. The summed E-state index contributed by atoms with van der Waals surface area (Å²) in [6.45, 7) is 0.779. The summed E-state index contributed by atoms with van der Waals surface area (Å²) < 4.78 is 0. The second kappa shape index (κ2) is 5.58. The number of hydrogen-bond acceptors (Lipinski definition) is 2. The van der Waals surface area contributed by atoms with Gasteiger partial charge in [-0.3, -0.25) is 4.79 Å². The molecule has 1 N–H and O–H groups in total. The molecule has 0 aliphatic heterocycles. The van der Waals surface area contributed by atoms with E-state index in [1.807, 2.05) is 19.2 Å². The number of rotatable bonds is 4. The van der Waals surface area contributed by atoms with E-state index in [0.29, 0.717) is 10.6 Å². The van der Waals surface area contributed by atoms with E-state index in [1.54, 1.807) is 18.2 Å². The van der Waals surface area contributed by atoms with Gasteiger partial charge in [0.1, 0.15) is 6.29 Å². The molecule has 0 amide bonds. The van der Waals surface area contributed by atoms with Crippen molar-refractivity contribution < 1.29 is 4.79 Å². The second-order valence-electron chi connectivity index (χ2n) is 2.86. The normalized spacial score (nSPS) is 10.7. The average Bonchev–Trinajstić information content (AvgIpc) is 2.21. The minimum Gasteiger partial charge on any atom is -0.316 e. The van der Waals surface area contributed by atoms with Crippen molar-refractivity contribution in [3.8, 4) is 0 Å². The molecule has 3 heteroatoms. The summed E-state index contributed by atoms with van der Waals surface area (Å²) in [4.78, 5) is 10.5.